The molecule has 28 heavy (non-hydrogen) atoms. The molecule has 0 bridgehead atoms. The van der Waals surface area contributed by atoms with E-state index in [2.05, 4.69) is 5.32 Å². The molecule has 0 fully saturated rings. The molecule has 0 spiro atoms. The number of aryl methyl sites for hydroxylation is 1. The van der Waals surface area contributed by atoms with Gasteiger partial charge in [-0.15, -0.1) is 5.10 Å². The standard InChI is InChI=1S/C22H21N5O/c1-28-19-14-8-7-13-18(19)23-21-16-11-5-6-12-17(16)24-22-25-20(26-27(21)22)15-9-3-2-4-10-15/h2-4,7-10,13-14,23H,5-6,11-12H2,1H3. The molecule has 6 heteroatoms. The average molecular weight is 371 g/mol. The van der Waals surface area contributed by atoms with Crippen LogP contribution in [0, 0.1) is 0 Å². The summed E-state index contributed by atoms with van der Waals surface area (Å²) in [7, 11) is 1.68. The predicted octanol–water partition coefficient (Wildman–Crippen LogP) is 4.42. The number of hydrogen-bond acceptors (Lipinski definition) is 5. The van der Waals surface area contributed by atoms with E-state index in [1.807, 2.05) is 59.1 Å². The van der Waals surface area contributed by atoms with Crippen LogP contribution in [-0.2, 0) is 12.8 Å². The van der Waals surface area contributed by atoms with Gasteiger partial charge in [0.25, 0.3) is 5.78 Å². The van der Waals surface area contributed by atoms with E-state index >= 15 is 0 Å². The molecule has 6 nitrogen and oxygen atoms in total. The molecule has 0 radical (unpaired) electrons. The first-order valence-electron chi connectivity index (χ1n) is 9.57. The monoisotopic (exact) mass is 371 g/mol. The number of fused-ring (bicyclic) bond motifs is 2. The quantitative estimate of drug-likeness (QED) is 0.575. The highest BCUT2D eigenvalue weighted by Gasteiger charge is 2.22. The van der Waals surface area contributed by atoms with Crippen LogP contribution in [0.15, 0.2) is 54.6 Å². The zero-order valence-electron chi connectivity index (χ0n) is 15.7. The van der Waals surface area contributed by atoms with Gasteiger partial charge in [-0.2, -0.15) is 9.50 Å². The second kappa shape index (κ2) is 6.96. The van der Waals surface area contributed by atoms with E-state index in [0.717, 1.165) is 54.2 Å². The average Bonchev–Trinajstić information content (AvgIpc) is 3.18. The van der Waals surface area contributed by atoms with Crippen molar-refractivity contribution in [2.24, 2.45) is 0 Å². The number of aromatic nitrogens is 4. The van der Waals surface area contributed by atoms with Crippen LogP contribution < -0.4 is 10.1 Å². The lowest BCUT2D eigenvalue weighted by Gasteiger charge is -2.20. The molecule has 2 aromatic heterocycles. The summed E-state index contributed by atoms with van der Waals surface area (Å²) in [5, 5.41) is 8.34. The van der Waals surface area contributed by atoms with Crippen molar-refractivity contribution in [2.45, 2.75) is 25.7 Å². The van der Waals surface area contributed by atoms with E-state index in [0.29, 0.717) is 11.6 Å². The van der Waals surface area contributed by atoms with Crippen LogP contribution in [0.1, 0.15) is 24.1 Å². The zero-order chi connectivity index (χ0) is 18.9. The van der Waals surface area contributed by atoms with Gasteiger partial charge >= 0.3 is 0 Å². The van der Waals surface area contributed by atoms with Gasteiger partial charge in [0, 0.05) is 11.1 Å². The van der Waals surface area contributed by atoms with Gasteiger partial charge in [0.05, 0.1) is 18.5 Å². The fourth-order valence-corrected chi connectivity index (χ4v) is 3.76. The molecule has 0 aliphatic heterocycles. The largest absolute Gasteiger partial charge is 0.495 e. The number of hydrogen-bond donors (Lipinski definition) is 1. The van der Waals surface area contributed by atoms with Gasteiger partial charge in [-0.25, -0.2) is 4.98 Å². The SMILES string of the molecule is COc1ccccc1Nc1c2c(nc3nc(-c4ccccc4)nn13)CCCC2. The Morgan fingerprint density at radius 1 is 0.929 bits per heavy atom. The molecule has 0 unspecified atom stereocenters. The minimum Gasteiger partial charge on any atom is -0.495 e. The van der Waals surface area contributed by atoms with Crippen molar-refractivity contribution in [1.82, 2.24) is 19.6 Å². The summed E-state index contributed by atoms with van der Waals surface area (Å²) in [6.45, 7) is 0. The Kier molecular flexibility index (Phi) is 4.16. The molecule has 4 aromatic rings. The Hall–Kier alpha value is -3.41. The molecule has 1 N–H and O–H groups in total. The molecular formula is C22H21N5O. The number of methoxy groups -OCH3 is 1. The first kappa shape index (κ1) is 16.7. The molecule has 0 saturated carbocycles. The minimum absolute atomic E-state index is 0.622. The van der Waals surface area contributed by atoms with Crippen LogP contribution in [0.2, 0.25) is 0 Å². The van der Waals surface area contributed by atoms with Crippen LogP contribution in [0.25, 0.3) is 17.2 Å². The van der Waals surface area contributed by atoms with Gasteiger partial charge in [-0.1, -0.05) is 42.5 Å². The molecular weight excluding hydrogens is 350 g/mol. The second-order valence-corrected chi connectivity index (χ2v) is 6.93. The Balaban J connectivity index is 1.70. The van der Waals surface area contributed by atoms with Gasteiger partial charge in [0.2, 0.25) is 0 Å². The van der Waals surface area contributed by atoms with Crippen molar-refractivity contribution >= 4 is 17.3 Å². The fourth-order valence-electron chi connectivity index (χ4n) is 3.76. The molecule has 2 aromatic carbocycles. The van der Waals surface area contributed by atoms with Crippen molar-refractivity contribution in [3.05, 3.63) is 65.9 Å². The molecule has 0 atom stereocenters. The van der Waals surface area contributed by atoms with Gasteiger partial charge in [0.1, 0.15) is 11.6 Å². The first-order valence-corrected chi connectivity index (χ1v) is 9.57. The van der Waals surface area contributed by atoms with Crippen molar-refractivity contribution in [3.8, 4) is 17.1 Å². The molecule has 2 heterocycles. The van der Waals surface area contributed by atoms with E-state index in [4.69, 9.17) is 19.8 Å². The van der Waals surface area contributed by atoms with Gasteiger partial charge in [0.15, 0.2) is 5.82 Å². The Bertz CT molecular complexity index is 1140. The van der Waals surface area contributed by atoms with Gasteiger partial charge in [-0.05, 0) is 37.8 Å². The van der Waals surface area contributed by atoms with Gasteiger partial charge in [-0.3, -0.25) is 0 Å². The Morgan fingerprint density at radius 2 is 1.71 bits per heavy atom. The number of ether oxygens (including phenoxy) is 1. The normalized spacial score (nSPS) is 13.3. The molecule has 0 saturated heterocycles. The van der Waals surface area contributed by atoms with Crippen LogP contribution in [0.3, 0.4) is 0 Å². The number of nitrogens with one attached hydrogen (secondary N) is 1. The topological polar surface area (TPSA) is 64.3 Å². The molecule has 140 valence electrons. The smallest absolute Gasteiger partial charge is 0.254 e. The Morgan fingerprint density at radius 3 is 2.57 bits per heavy atom. The third-order valence-electron chi connectivity index (χ3n) is 5.15. The summed E-state index contributed by atoms with van der Waals surface area (Å²) >= 11 is 0. The maximum atomic E-state index is 5.52. The summed E-state index contributed by atoms with van der Waals surface area (Å²) in [6.07, 6.45) is 4.27. The van der Waals surface area contributed by atoms with E-state index in [1.54, 1.807) is 7.11 Å². The molecule has 1 aliphatic rings. The number of rotatable bonds is 4. The lowest BCUT2D eigenvalue weighted by molar-refractivity contribution is 0.417. The highest BCUT2D eigenvalue weighted by Crippen LogP contribution is 2.33. The number of benzene rings is 2. The third kappa shape index (κ3) is 2.87. The third-order valence-corrected chi connectivity index (χ3v) is 5.15. The second-order valence-electron chi connectivity index (χ2n) is 6.93. The zero-order valence-corrected chi connectivity index (χ0v) is 15.7. The van der Waals surface area contributed by atoms with E-state index < -0.39 is 0 Å². The summed E-state index contributed by atoms with van der Waals surface area (Å²) in [4.78, 5) is 9.53. The van der Waals surface area contributed by atoms with E-state index in [9.17, 15) is 0 Å². The minimum atomic E-state index is 0.622. The maximum absolute atomic E-state index is 5.52. The van der Waals surface area contributed by atoms with Crippen molar-refractivity contribution in [1.29, 1.82) is 0 Å². The summed E-state index contributed by atoms with van der Waals surface area (Å²) < 4.78 is 7.36. The lowest BCUT2D eigenvalue weighted by Crippen LogP contribution is -2.14. The van der Waals surface area contributed by atoms with Crippen LogP contribution in [0.4, 0.5) is 11.5 Å². The van der Waals surface area contributed by atoms with Gasteiger partial charge < -0.3 is 10.1 Å². The maximum Gasteiger partial charge on any atom is 0.254 e. The lowest BCUT2D eigenvalue weighted by atomic mass is 9.96. The number of para-hydroxylation sites is 2. The number of nitrogens with zero attached hydrogens (tertiary/aromatic N) is 4. The summed E-state index contributed by atoms with van der Waals surface area (Å²) in [5.41, 5.74) is 4.22. The molecule has 5 rings (SSSR count). The van der Waals surface area contributed by atoms with Crippen molar-refractivity contribution < 1.29 is 4.74 Å². The number of anilines is 2. The van der Waals surface area contributed by atoms with Crippen LogP contribution in [-0.4, -0.2) is 26.7 Å². The Labute approximate surface area is 163 Å². The van der Waals surface area contributed by atoms with Crippen LogP contribution >= 0.6 is 0 Å². The highest BCUT2D eigenvalue weighted by atomic mass is 16.5. The first-order chi connectivity index (χ1) is 13.8. The van der Waals surface area contributed by atoms with Crippen molar-refractivity contribution in [2.75, 3.05) is 12.4 Å². The van der Waals surface area contributed by atoms with E-state index in [1.165, 1.54) is 5.56 Å². The summed E-state index contributed by atoms with van der Waals surface area (Å²) in [6, 6.07) is 17.9. The van der Waals surface area contributed by atoms with E-state index in [-0.39, 0.29) is 0 Å². The highest BCUT2D eigenvalue weighted by molar-refractivity contribution is 5.69. The summed E-state index contributed by atoms with van der Waals surface area (Å²) in [5.74, 6) is 3.02. The van der Waals surface area contributed by atoms with Crippen molar-refractivity contribution in [3.63, 3.8) is 0 Å². The fraction of sp³-hybridized carbons (Fsp3) is 0.227. The van der Waals surface area contributed by atoms with Crippen LogP contribution in [0.5, 0.6) is 5.75 Å². The molecule has 0 amide bonds. The molecule has 1 aliphatic carbocycles. The predicted molar refractivity (Wildman–Crippen MR) is 109 cm³/mol.